The minimum absolute atomic E-state index is 0.231. The van der Waals surface area contributed by atoms with Gasteiger partial charge in [0.05, 0.1) is 12.7 Å². The van der Waals surface area contributed by atoms with Crippen LogP contribution in [0.2, 0.25) is 0 Å². The first-order valence-electron chi connectivity index (χ1n) is 19.0. The van der Waals surface area contributed by atoms with E-state index < -0.39 is 0 Å². The molecule has 0 aromatic rings. The Balaban J connectivity index is 2.17. The highest BCUT2D eigenvalue weighted by molar-refractivity contribution is 4.83. The zero-order chi connectivity index (χ0) is 30.4. The highest BCUT2D eigenvalue weighted by Gasteiger charge is 2.40. The van der Waals surface area contributed by atoms with Gasteiger partial charge in [0, 0.05) is 19.4 Å². The highest BCUT2D eigenvalue weighted by atomic mass is 16.7. The molecule has 0 radical (unpaired) electrons. The van der Waals surface area contributed by atoms with Crippen LogP contribution in [-0.2, 0) is 9.47 Å². The van der Waals surface area contributed by atoms with Crippen molar-refractivity contribution >= 4 is 0 Å². The van der Waals surface area contributed by atoms with Crippen LogP contribution < -0.4 is 0 Å². The van der Waals surface area contributed by atoms with E-state index in [9.17, 15) is 0 Å². The lowest BCUT2D eigenvalue weighted by atomic mass is 9.98. The SMILES string of the molecule is CCCCCC/C=C\CCCCCCCCC1(CCCCCCCC/C=C\CCCCCC)OC[C@H](CN(C)CC)O1. The van der Waals surface area contributed by atoms with Crippen molar-refractivity contribution in [2.24, 2.45) is 0 Å². The van der Waals surface area contributed by atoms with Crippen molar-refractivity contribution in [1.82, 2.24) is 4.90 Å². The lowest BCUT2D eigenvalue weighted by Gasteiger charge is -2.29. The molecule has 3 nitrogen and oxygen atoms in total. The summed E-state index contributed by atoms with van der Waals surface area (Å²) in [6, 6.07) is 0. The van der Waals surface area contributed by atoms with E-state index in [0.29, 0.717) is 0 Å². The highest BCUT2D eigenvalue weighted by Crippen LogP contribution is 2.35. The molecule has 1 saturated heterocycles. The molecule has 0 amide bonds. The van der Waals surface area contributed by atoms with Crippen LogP contribution in [0.4, 0.5) is 0 Å². The van der Waals surface area contributed by atoms with Crippen molar-refractivity contribution in [3.8, 4) is 0 Å². The van der Waals surface area contributed by atoms with Crippen molar-refractivity contribution in [3.63, 3.8) is 0 Å². The van der Waals surface area contributed by atoms with E-state index in [1.807, 2.05) is 0 Å². The molecule has 0 saturated carbocycles. The lowest BCUT2D eigenvalue weighted by molar-refractivity contribution is -0.180. The van der Waals surface area contributed by atoms with Crippen LogP contribution in [-0.4, -0.2) is 43.5 Å². The van der Waals surface area contributed by atoms with E-state index in [2.05, 4.69) is 57.0 Å². The first kappa shape index (κ1) is 39.4. The molecule has 0 aromatic carbocycles. The van der Waals surface area contributed by atoms with E-state index in [1.165, 1.54) is 154 Å². The Morgan fingerprint density at radius 3 is 1.33 bits per heavy atom. The van der Waals surface area contributed by atoms with Crippen LogP contribution in [0.5, 0.6) is 0 Å². The van der Waals surface area contributed by atoms with E-state index in [-0.39, 0.29) is 11.9 Å². The largest absolute Gasteiger partial charge is 0.347 e. The van der Waals surface area contributed by atoms with Crippen molar-refractivity contribution in [1.29, 1.82) is 0 Å². The van der Waals surface area contributed by atoms with Crippen LogP contribution in [0.25, 0.3) is 0 Å². The van der Waals surface area contributed by atoms with Gasteiger partial charge in [-0.15, -0.1) is 0 Å². The molecule has 1 atom stereocenters. The summed E-state index contributed by atoms with van der Waals surface area (Å²) in [5, 5.41) is 0. The molecular formula is C39H75NO2. The van der Waals surface area contributed by atoms with E-state index in [4.69, 9.17) is 9.47 Å². The molecule has 3 heteroatoms. The topological polar surface area (TPSA) is 21.7 Å². The van der Waals surface area contributed by atoms with Gasteiger partial charge in [0.15, 0.2) is 5.79 Å². The Morgan fingerprint density at radius 1 is 0.548 bits per heavy atom. The zero-order valence-electron chi connectivity index (χ0n) is 29.2. The van der Waals surface area contributed by atoms with Gasteiger partial charge >= 0.3 is 0 Å². The molecule has 1 aliphatic rings. The normalized spacial score (nSPS) is 17.0. The van der Waals surface area contributed by atoms with Crippen LogP contribution >= 0.6 is 0 Å². The Bertz CT molecular complexity index is 578. The van der Waals surface area contributed by atoms with Crippen LogP contribution in [0.3, 0.4) is 0 Å². The first-order chi connectivity index (χ1) is 20.7. The molecule has 0 aliphatic carbocycles. The number of allylic oxidation sites excluding steroid dienone is 4. The first-order valence-corrected chi connectivity index (χ1v) is 19.0. The second kappa shape index (κ2) is 29.1. The van der Waals surface area contributed by atoms with Gasteiger partial charge in [0.2, 0.25) is 0 Å². The summed E-state index contributed by atoms with van der Waals surface area (Å²) in [4.78, 5) is 2.35. The van der Waals surface area contributed by atoms with E-state index in [0.717, 1.165) is 32.5 Å². The van der Waals surface area contributed by atoms with E-state index in [1.54, 1.807) is 0 Å². The average Bonchev–Trinajstić information content (AvgIpc) is 3.39. The summed E-state index contributed by atoms with van der Waals surface area (Å²) in [7, 11) is 2.19. The van der Waals surface area contributed by atoms with Gasteiger partial charge in [-0.3, -0.25) is 0 Å². The summed E-state index contributed by atoms with van der Waals surface area (Å²) in [5.74, 6) is -0.316. The van der Waals surface area contributed by atoms with Gasteiger partial charge < -0.3 is 14.4 Å². The Kier molecular flexibility index (Phi) is 27.3. The number of ether oxygens (including phenoxy) is 2. The summed E-state index contributed by atoms with van der Waals surface area (Å²) in [6.07, 6.45) is 44.1. The van der Waals surface area contributed by atoms with Gasteiger partial charge in [-0.25, -0.2) is 0 Å². The number of likely N-dealkylation sites (N-methyl/N-ethyl adjacent to an activating group) is 1. The van der Waals surface area contributed by atoms with Gasteiger partial charge in [-0.05, 0) is 77.8 Å². The van der Waals surface area contributed by atoms with Crippen LogP contribution in [0.1, 0.15) is 188 Å². The minimum Gasteiger partial charge on any atom is -0.347 e. The fraction of sp³-hybridized carbons (Fsp3) is 0.897. The maximum Gasteiger partial charge on any atom is 0.168 e. The molecule has 0 spiro atoms. The Labute approximate surface area is 264 Å². The van der Waals surface area contributed by atoms with Crippen LogP contribution in [0, 0.1) is 0 Å². The summed E-state index contributed by atoms with van der Waals surface area (Å²) in [5.41, 5.74) is 0. The Hall–Kier alpha value is -0.640. The average molecular weight is 590 g/mol. The van der Waals surface area contributed by atoms with Gasteiger partial charge in [0.1, 0.15) is 0 Å². The van der Waals surface area contributed by atoms with Crippen molar-refractivity contribution < 1.29 is 9.47 Å². The third kappa shape index (κ3) is 22.8. The molecule has 1 heterocycles. The molecule has 0 N–H and O–H groups in total. The third-order valence-electron chi connectivity index (χ3n) is 9.11. The second-order valence-electron chi connectivity index (χ2n) is 13.3. The van der Waals surface area contributed by atoms with Gasteiger partial charge in [-0.1, -0.05) is 135 Å². The van der Waals surface area contributed by atoms with E-state index >= 15 is 0 Å². The number of unbranched alkanes of at least 4 members (excludes halogenated alkanes) is 20. The minimum atomic E-state index is -0.316. The van der Waals surface area contributed by atoms with Gasteiger partial charge in [-0.2, -0.15) is 0 Å². The molecule has 0 unspecified atom stereocenters. The second-order valence-corrected chi connectivity index (χ2v) is 13.3. The molecule has 0 aromatic heterocycles. The molecule has 0 bridgehead atoms. The molecule has 1 aliphatic heterocycles. The van der Waals surface area contributed by atoms with Gasteiger partial charge in [0.25, 0.3) is 0 Å². The molecule has 42 heavy (non-hydrogen) atoms. The predicted molar refractivity (Wildman–Crippen MR) is 186 cm³/mol. The van der Waals surface area contributed by atoms with Crippen LogP contribution in [0.15, 0.2) is 24.3 Å². The predicted octanol–water partition coefficient (Wildman–Crippen LogP) is 12.3. The summed E-state index contributed by atoms with van der Waals surface area (Å²) < 4.78 is 13.1. The Morgan fingerprint density at radius 2 is 0.929 bits per heavy atom. The molecule has 1 rings (SSSR count). The summed E-state index contributed by atoms with van der Waals surface area (Å²) >= 11 is 0. The molecule has 248 valence electrons. The third-order valence-corrected chi connectivity index (χ3v) is 9.11. The number of rotatable bonds is 31. The van der Waals surface area contributed by atoms with Crippen molar-refractivity contribution in [2.45, 2.75) is 200 Å². The fourth-order valence-corrected chi connectivity index (χ4v) is 6.15. The maximum absolute atomic E-state index is 6.67. The standard InChI is InChI=1S/C39H75NO2/c1-5-8-10-12-14-16-18-20-22-24-26-28-30-32-34-39(41-37-38(42-39)36-40(4)7-3)35-33-31-29-27-25-23-21-19-17-15-13-11-9-6-2/h16-19,38H,5-15,20-37H2,1-4H3/b18-16-,19-17-/t38-/m0/s1. The van der Waals surface area contributed by atoms with Crippen molar-refractivity contribution in [2.75, 3.05) is 26.7 Å². The lowest BCUT2D eigenvalue weighted by Crippen LogP contribution is -2.34. The van der Waals surface area contributed by atoms with Crippen molar-refractivity contribution in [3.05, 3.63) is 24.3 Å². The smallest absolute Gasteiger partial charge is 0.168 e. The molecule has 1 fully saturated rings. The number of nitrogens with zero attached hydrogens (tertiary/aromatic N) is 1. The fourth-order valence-electron chi connectivity index (χ4n) is 6.15. The summed E-state index contributed by atoms with van der Waals surface area (Å²) in [6.45, 7) is 9.61. The number of hydrogen-bond acceptors (Lipinski definition) is 3. The maximum atomic E-state index is 6.67. The monoisotopic (exact) mass is 590 g/mol. The molecular weight excluding hydrogens is 514 g/mol. The quantitative estimate of drug-likeness (QED) is 0.0593. The number of hydrogen-bond donors (Lipinski definition) is 0. The zero-order valence-corrected chi connectivity index (χ0v) is 29.2.